The number of allylic oxidation sites excluding steroid dienone is 1. The maximum absolute atomic E-state index is 4.78. The van der Waals surface area contributed by atoms with Gasteiger partial charge in [0, 0.05) is 0 Å². The van der Waals surface area contributed by atoms with Crippen LogP contribution in [-0.4, -0.2) is 11.9 Å². The first-order valence-electron chi connectivity index (χ1n) is 13.2. The summed E-state index contributed by atoms with van der Waals surface area (Å²) in [6.07, 6.45) is 5.60. The van der Waals surface area contributed by atoms with E-state index < -0.39 is 17.4 Å². The Morgan fingerprint density at radius 1 is 0.795 bits per heavy atom. The Bertz CT molecular complexity index is 1870. The average Bonchev–Trinajstić information content (AvgIpc) is 3.45. The smallest absolute Gasteiger partial charge is 0.147 e. The van der Waals surface area contributed by atoms with Crippen molar-refractivity contribution in [3.05, 3.63) is 125 Å². The van der Waals surface area contributed by atoms with Gasteiger partial charge in [0.15, 0.2) is 0 Å². The third-order valence-electron chi connectivity index (χ3n) is 8.84. The Morgan fingerprint density at radius 2 is 1.49 bits per heavy atom. The van der Waals surface area contributed by atoms with Gasteiger partial charge >= 0.3 is 223 Å². The quantitative estimate of drug-likeness (QED) is 0.176. The topological polar surface area (TPSA) is 12.9 Å². The SMILES string of the molecule is CC1=Cc2c(-c3cnc4ccccc4c3)cccc2[CH]1[Zr]([CH3])([CH3])(=[SiH2])[c]1cccc2c1Cc1ccccc1-2.Cl.Cl. The number of halogens is 2. The fourth-order valence-electron chi connectivity index (χ4n) is 7.33. The van der Waals surface area contributed by atoms with Crippen molar-refractivity contribution >= 4 is 51.9 Å². The molecular formula is C34H33Cl2NSiZr. The van der Waals surface area contributed by atoms with Crippen molar-refractivity contribution in [2.45, 2.75) is 26.2 Å². The Balaban J connectivity index is 0.00000154. The Kier molecular flexibility index (Phi) is 7.22. The molecule has 1 atom stereocenters. The molecule has 1 aromatic heterocycles. The number of benzene rings is 4. The molecule has 0 saturated heterocycles. The standard InChI is InChI=1S/C19H14N.C13H9.2CH3.2ClH.H2Si.Zr/c1-13-9-14-6-4-7-17(18(14)10-13)16-11-15-5-2-3-8-19(15)20-12-16;1-3-7-12-10(5-1)9-11-6-2-4-8-13(11)12;;;;;;/h2-12H,1H3;1-5,7-8H,9H2;2*1H3;2*1H;1H2;. The Morgan fingerprint density at radius 3 is 2.33 bits per heavy atom. The van der Waals surface area contributed by atoms with E-state index in [4.69, 9.17) is 4.98 Å². The van der Waals surface area contributed by atoms with E-state index in [0.29, 0.717) is 3.63 Å². The summed E-state index contributed by atoms with van der Waals surface area (Å²) in [7, 11) is 0. The minimum atomic E-state index is -3.53. The van der Waals surface area contributed by atoms with Crippen LogP contribution in [0, 0.1) is 0 Å². The van der Waals surface area contributed by atoms with Gasteiger partial charge in [0.2, 0.25) is 0 Å². The number of hydrogen-bond donors (Lipinski definition) is 0. The fraction of sp³-hybridized carbons (Fsp3) is 0.147. The molecule has 39 heavy (non-hydrogen) atoms. The average molecular weight is 646 g/mol. The van der Waals surface area contributed by atoms with Crippen LogP contribution in [0.1, 0.15) is 32.8 Å². The van der Waals surface area contributed by atoms with Gasteiger partial charge < -0.3 is 0 Å². The van der Waals surface area contributed by atoms with Crippen LogP contribution in [0.5, 0.6) is 0 Å². The van der Waals surface area contributed by atoms with Gasteiger partial charge in [-0.15, -0.1) is 24.8 Å². The second kappa shape index (κ2) is 9.96. The van der Waals surface area contributed by atoms with Crippen LogP contribution in [-0.2, 0) is 23.8 Å². The molecule has 4 aromatic carbocycles. The third-order valence-corrected chi connectivity index (χ3v) is 25.4. The second-order valence-electron chi connectivity index (χ2n) is 12.0. The summed E-state index contributed by atoms with van der Waals surface area (Å²) in [6.45, 7) is 4.76. The summed E-state index contributed by atoms with van der Waals surface area (Å²) in [5.41, 5.74) is 13.9. The number of hydrogen-bond acceptors (Lipinski definition) is 1. The van der Waals surface area contributed by atoms with E-state index in [2.05, 4.69) is 120 Å². The molecule has 0 aliphatic heterocycles. The van der Waals surface area contributed by atoms with Crippen molar-refractivity contribution < 1.29 is 17.4 Å². The largest absolute Gasteiger partial charge is 0.147 e. The van der Waals surface area contributed by atoms with Gasteiger partial charge in [-0.05, 0) is 0 Å². The molecule has 196 valence electrons. The number of fused-ring (bicyclic) bond motifs is 5. The Labute approximate surface area is 246 Å². The summed E-state index contributed by atoms with van der Waals surface area (Å²) < 4.78 is 7.54. The van der Waals surface area contributed by atoms with Crippen LogP contribution in [0.2, 0.25) is 9.26 Å². The van der Waals surface area contributed by atoms with Crippen LogP contribution in [0.4, 0.5) is 0 Å². The van der Waals surface area contributed by atoms with Crippen LogP contribution in [0.3, 0.4) is 0 Å². The van der Waals surface area contributed by atoms with Crippen molar-refractivity contribution in [1.82, 2.24) is 4.98 Å². The summed E-state index contributed by atoms with van der Waals surface area (Å²) in [6, 6.07) is 33.8. The summed E-state index contributed by atoms with van der Waals surface area (Å²) in [4.78, 5) is 4.78. The zero-order valence-electron chi connectivity index (χ0n) is 22.6. The van der Waals surface area contributed by atoms with Gasteiger partial charge in [-0.1, -0.05) is 0 Å². The predicted molar refractivity (Wildman–Crippen MR) is 173 cm³/mol. The molecule has 5 heteroatoms. The summed E-state index contributed by atoms with van der Waals surface area (Å²) in [5, 5.41) is 1.19. The van der Waals surface area contributed by atoms with E-state index in [1.165, 1.54) is 49.9 Å². The van der Waals surface area contributed by atoms with E-state index >= 15 is 0 Å². The molecule has 0 N–H and O–H groups in total. The molecule has 2 aliphatic rings. The number of pyridine rings is 1. The molecular weight excluding hydrogens is 613 g/mol. The van der Waals surface area contributed by atoms with E-state index in [1.54, 1.807) is 8.83 Å². The zero-order chi connectivity index (χ0) is 25.4. The summed E-state index contributed by atoms with van der Waals surface area (Å²) >= 11 is -3.53. The first-order valence-corrected chi connectivity index (χ1v) is 26.7. The first kappa shape index (κ1) is 28.2. The van der Waals surface area contributed by atoms with Crippen molar-refractivity contribution in [1.29, 1.82) is 0 Å². The number of para-hydroxylation sites is 1. The van der Waals surface area contributed by atoms with E-state index in [9.17, 15) is 0 Å². The number of aromatic nitrogens is 1. The van der Waals surface area contributed by atoms with E-state index in [-0.39, 0.29) is 24.8 Å². The van der Waals surface area contributed by atoms with Crippen LogP contribution in [0.25, 0.3) is 39.2 Å². The molecule has 1 heterocycles. The van der Waals surface area contributed by atoms with Crippen LogP contribution < -0.4 is 3.27 Å². The molecule has 0 fully saturated rings. The van der Waals surface area contributed by atoms with E-state index in [1.807, 2.05) is 6.20 Å². The van der Waals surface area contributed by atoms with Gasteiger partial charge in [0.25, 0.3) is 0 Å². The minimum absolute atomic E-state index is 0. The molecule has 0 spiro atoms. The molecule has 0 radical (unpaired) electrons. The van der Waals surface area contributed by atoms with Crippen LogP contribution in [0.15, 0.2) is 103 Å². The molecule has 0 amide bonds. The first-order chi connectivity index (χ1) is 17.8. The fourth-order valence-corrected chi connectivity index (χ4v) is 24.7. The Hall–Kier alpha value is -2.29. The van der Waals surface area contributed by atoms with Gasteiger partial charge in [0.1, 0.15) is 0 Å². The maximum Gasteiger partial charge on any atom is -0.147 e. The minimum Gasteiger partial charge on any atom is -0.147 e. The van der Waals surface area contributed by atoms with E-state index in [0.717, 1.165) is 11.9 Å². The maximum atomic E-state index is 4.78. The number of nitrogens with zero attached hydrogens (tertiary/aromatic N) is 1. The molecule has 2 aliphatic carbocycles. The van der Waals surface area contributed by atoms with Gasteiger partial charge in [0.05, 0.1) is 0 Å². The molecule has 5 aromatic rings. The third kappa shape index (κ3) is 4.34. The monoisotopic (exact) mass is 643 g/mol. The molecule has 1 unspecified atom stereocenters. The van der Waals surface area contributed by atoms with Gasteiger partial charge in [-0.2, -0.15) is 0 Å². The second-order valence-corrected chi connectivity index (χ2v) is 41.5. The molecule has 1 nitrogen and oxygen atoms in total. The molecule has 0 saturated carbocycles. The van der Waals surface area contributed by atoms with Gasteiger partial charge in [-0.3, -0.25) is 0 Å². The molecule has 0 bridgehead atoms. The predicted octanol–water partition coefficient (Wildman–Crippen LogP) is 8.43. The van der Waals surface area contributed by atoms with Crippen LogP contribution >= 0.6 is 24.8 Å². The number of rotatable bonds is 3. The zero-order valence-corrected chi connectivity index (χ0v) is 28.1. The van der Waals surface area contributed by atoms with Crippen molar-refractivity contribution in [3.63, 3.8) is 0 Å². The molecule has 7 rings (SSSR count). The van der Waals surface area contributed by atoms with Crippen molar-refractivity contribution in [3.8, 4) is 22.3 Å². The van der Waals surface area contributed by atoms with Gasteiger partial charge in [-0.25, -0.2) is 0 Å². The summed E-state index contributed by atoms with van der Waals surface area (Å²) in [5.74, 6) is 0. The normalized spacial score (nSPS) is 15.5. The van der Waals surface area contributed by atoms with Crippen molar-refractivity contribution in [2.75, 3.05) is 0 Å². The van der Waals surface area contributed by atoms with Crippen molar-refractivity contribution in [2.24, 2.45) is 0 Å².